The molecule has 1 aromatic rings. The zero-order chi connectivity index (χ0) is 14.4. The van der Waals surface area contributed by atoms with Gasteiger partial charge >= 0.3 is 0 Å². The molecule has 2 rings (SSSR count). The molecule has 1 unspecified atom stereocenters. The summed E-state index contributed by atoms with van der Waals surface area (Å²) in [6, 6.07) is 9.45. The van der Waals surface area contributed by atoms with Crippen molar-refractivity contribution < 1.29 is 14.3 Å². The predicted octanol–water partition coefficient (Wildman–Crippen LogP) is 2.93. The molecule has 0 spiro atoms. The summed E-state index contributed by atoms with van der Waals surface area (Å²) in [4.78, 5) is 12.2. The minimum Gasteiger partial charge on any atom is -0.353 e. The molecule has 1 fully saturated rings. The summed E-state index contributed by atoms with van der Waals surface area (Å²) in [5.41, 5.74) is -0.116. The fraction of sp³-hybridized carbons (Fsp3) is 0.471. The monoisotopic (exact) mass is 272 g/mol. The Balaban J connectivity index is 1.98. The van der Waals surface area contributed by atoms with Gasteiger partial charge in [-0.2, -0.15) is 0 Å². The van der Waals surface area contributed by atoms with Gasteiger partial charge in [-0.1, -0.05) is 24.1 Å². The Hall–Kier alpha value is -1.63. The van der Waals surface area contributed by atoms with E-state index in [0.717, 1.165) is 24.8 Å². The summed E-state index contributed by atoms with van der Waals surface area (Å²) in [5.74, 6) is 5.30. The number of hydrogen-bond acceptors (Lipinski definition) is 3. The van der Waals surface area contributed by atoms with Crippen molar-refractivity contribution in [2.75, 3.05) is 6.61 Å². The molecule has 1 aromatic carbocycles. The second-order valence-electron chi connectivity index (χ2n) is 5.37. The maximum absolute atomic E-state index is 12.2. The number of ketones is 1. The summed E-state index contributed by atoms with van der Waals surface area (Å²) in [7, 11) is 0. The first-order valence-corrected chi connectivity index (χ1v) is 6.99. The molecule has 3 nitrogen and oxygen atoms in total. The Kier molecular flexibility index (Phi) is 4.94. The first-order valence-electron chi connectivity index (χ1n) is 6.99. The van der Waals surface area contributed by atoms with E-state index in [4.69, 9.17) is 9.47 Å². The molecule has 0 bridgehead atoms. The highest BCUT2D eigenvalue weighted by Gasteiger charge is 2.31. The van der Waals surface area contributed by atoms with Crippen molar-refractivity contribution in [2.24, 2.45) is 0 Å². The van der Waals surface area contributed by atoms with E-state index in [0.29, 0.717) is 6.61 Å². The molecule has 0 radical (unpaired) electrons. The van der Waals surface area contributed by atoms with Crippen LogP contribution in [-0.2, 0) is 14.3 Å². The van der Waals surface area contributed by atoms with Gasteiger partial charge < -0.3 is 9.47 Å². The summed E-state index contributed by atoms with van der Waals surface area (Å²) >= 11 is 0. The van der Waals surface area contributed by atoms with Crippen molar-refractivity contribution in [1.29, 1.82) is 0 Å². The number of hydrogen-bond donors (Lipinski definition) is 0. The minimum absolute atomic E-state index is 0.226. The van der Waals surface area contributed by atoms with Gasteiger partial charge in [-0.3, -0.25) is 4.79 Å². The van der Waals surface area contributed by atoms with Crippen LogP contribution in [0.25, 0.3) is 0 Å². The standard InChI is InChI=1S/C17H20O3/c1-17(2,20-16-10-6-7-13-19-16)15(18)12-11-14-8-4-3-5-9-14/h3-5,8-9,16H,6-7,10,13H2,1-2H3. The van der Waals surface area contributed by atoms with Gasteiger partial charge in [0.25, 0.3) is 0 Å². The van der Waals surface area contributed by atoms with Gasteiger partial charge in [0.15, 0.2) is 6.29 Å². The van der Waals surface area contributed by atoms with Crippen LogP contribution in [0.2, 0.25) is 0 Å². The third-order valence-electron chi connectivity index (χ3n) is 3.20. The molecule has 106 valence electrons. The van der Waals surface area contributed by atoms with Gasteiger partial charge in [-0.25, -0.2) is 0 Å². The van der Waals surface area contributed by atoms with Crippen molar-refractivity contribution >= 4 is 5.78 Å². The van der Waals surface area contributed by atoms with Crippen molar-refractivity contribution in [2.45, 2.75) is 45.0 Å². The fourth-order valence-electron chi connectivity index (χ4n) is 1.99. The van der Waals surface area contributed by atoms with Gasteiger partial charge in [0.1, 0.15) is 5.60 Å². The third kappa shape index (κ3) is 4.19. The van der Waals surface area contributed by atoms with Gasteiger partial charge in [-0.15, -0.1) is 0 Å². The Bertz CT molecular complexity index is 502. The average molecular weight is 272 g/mol. The SMILES string of the molecule is CC(C)(OC1CCCCO1)C(=O)C#Cc1ccccc1. The molecular weight excluding hydrogens is 252 g/mol. The lowest BCUT2D eigenvalue weighted by Gasteiger charge is -2.30. The highest BCUT2D eigenvalue weighted by atomic mass is 16.7. The van der Waals surface area contributed by atoms with E-state index in [1.54, 1.807) is 13.8 Å². The first kappa shape index (κ1) is 14.8. The number of ether oxygens (including phenoxy) is 2. The van der Waals surface area contributed by atoms with E-state index >= 15 is 0 Å². The summed E-state index contributed by atoms with van der Waals surface area (Å²) < 4.78 is 11.3. The average Bonchev–Trinajstić information content (AvgIpc) is 2.46. The Morgan fingerprint density at radius 2 is 2.05 bits per heavy atom. The number of Topliss-reactive ketones (excluding diaryl/α,β-unsaturated/α-hetero) is 1. The maximum atomic E-state index is 12.2. The smallest absolute Gasteiger partial charge is 0.237 e. The van der Waals surface area contributed by atoms with E-state index < -0.39 is 5.60 Å². The van der Waals surface area contributed by atoms with Crippen molar-refractivity contribution in [3.8, 4) is 11.8 Å². The molecule has 0 amide bonds. The zero-order valence-electron chi connectivity index (χ0n) is 12.0. The lowest BCUT2D eigenvalue weighted by atomic mass is 10.0. The van der Waals surface area contributed by atoms with Crippen molar-refractivity contribution in [3.05, 3.63) is 35.9 Å². The van der Waals surface area contributed by atoms with Crippen LogP contribution in [0.1, 0.15) is 38.7 Å². The molecule has 0 saturated carbocycles. The van der Waals surface area contributed by atoms with Gasteiger partial charge in [0.05, 0.1) is 0 Å². The topological polar surface area (TPSA) is 35.5 Å². The third-order valence-corrected chi connectivity index (χ3v) is 3.20. The molecular formula is C17H20O3. The molecule has 1 aliphatic rings. The van der Waals surface area contributed by atoms with E-state index in [1.165, 1.54) is 0 Å². The predicted molar refractivity (Wildman–Crippen MR) is 77.1 cm³/mol. The highest BCUT2D eigenvalue weighted by molar-refractivity contribution is 6.02. The van der Waals surface area contributed by atoms with E-state index in [9.17, 15) is 4.79 Å². The fourth-order valence-corrected chi connectivity index (χ4v) is 1.99. The number of rotatable bonds is 3. The number of benzene rings is 1. The number of carbonyl (C=O) groups excluding carboxylic acids is 1. The van der Waals surface area contributed by atoms with Gasteiger partial charge in [0.2, 0.25) is 5.78 Å². The van der Waals surface area contributed by atoms with E-state index in [-0.39, 0.29) is 12.1 Å². The number of carbonyl (C=O) groups is 1. The van der Waals surface area contributed by atoms with Gasteiger partial charge in [-0.05, 0) is 51.2 Å². The van der Waals surface area contributed by atoms with Gasteiger partial charge in [0, 0.05) is 12.2 Å². The molecule has 1 atom stereocenters. The lowest BCUT2D eigenvalue weighted by molar-refractivity contribution is -0.211. The zero-order valence-corrected chi connectivity index (χ0v) is 12.0. The van der Waals surface area contributed by atoms with Crippen LogP contribution in [0.3, 0.4) is 0 Å². The molecule has 0 aliphatic carbocycles. The van der Waals surface area contributed by atoms with Crippen LogP contribution in [0.5, 0.6) is 0 Å². The molecule has 0 aromatic heterocycles. The molecule has 20 heavy (non-hydrogen) atoms. The summed E-state index contributed by atoms with van der Waals surface area (Å²) in [6.07, 6.45) is 2.68. The largest absolute Gasteiger partial charge is 0.353 e. The molecule has 1 heterocycles. The second-order valence-corrected chi connectivity index (χ2v) is 5.37. The molecule has 1 saturated heterocycles. The van der Waals surface area contributed by atoms with Crippen LogP contribution in [0, 0.1) is 11.8 Å². The van der Waals surface area contributed by atoms with Crippen LogP contribution >= 0.6 is 0 Å². The summed E-state index contributed by atoms with van der Waals surface area (Å²) in [6.45, 7) is 4.19. The highest BCUT2D eigenvalue weighted by Crippen LogP contribution is 2.21. The van der Waals surface area contributed by atoms with E-state index in [1.807, 2.05) is 30.3 Å². The Morgan fingerprint density at radius 3 is 2.70 bits per heavy atom. The maximum Gasteiger partial charge on any atom is 0.237 e. The molecule has 3 heteroatoms. The van der Waals surface area contributed by atoms with Crippen LogP contribution < -0.4 is 0 Å². The van der Waals surface area contributed by atoms with Crippen LogP contribution in [-0.4, -0.2) is 24.3 Å². The minimum atomic E-state index is -0.941. The normalized spacial score (nSPS) is 19.0. The van der Waals surface area contributed by atoms with Crippen molar-refractivity contribution in [3.63, 3.8) is 0 Å². The van der Waals surface area contributed by atoms with E-state index in [2.05, 4.69) is 11.8 Å². The summed E-state index contributed by atoms with van der Waals surface area (Å²) in [5, 5.41) is 0. The van der Waals surface area contributed by atoms with Crippen molar-refractivity contribution in [1.82, 2.24) is 0 Å². The Morgan fingerprint density at radius 1 is 1.30 bits per heavy atom. The van der Waals surface area contributed by atoms with Crippen LogP contribution in [0.15, 0.2) is 30.3 Å². The Labute approximate surface area is 120 Å². The second kappa shape index (κ2) is 6.69. The van der Waals surface area contributed by atoms with Crippen LogP contribution in [0.4, 0.5) is 0 Å². The molecule has 1 aliphatic heterocycles. The lowest BCUT2D eigenvalue weighted by Crippen LogP contribution is -2.40. The quantitative estimate of drug-likeness (QED) is 0.794. The first-order chi connectivity index (χ1) is 9.58. The molecule has 0 N–H and O–H groups in total.